The summed E-state index contributed by atoms with van der Waals surface area (Å²) in [5, 5.41) is 0. The summed E-state index contributed by atoms with van der Waals surface area (Å²) in [6.07, 6.45) is 0.772. The van der Waals surface area contributed by atoms with Crippen molar-refractivity contribution in [1.29, 1.82) is 0 Å². The smallest absolute Gasteiger partial charge is 0.388 e. The van der Waals surface area contributed by atoms with Gasteiger partial charge >= 0.3 is 6.61 Å². The highest BCUT2D eigenvalue weighted by Gasteiger charge is 2.11. The third kappa shape index (κ3) is 2.96. The van der Waals surface area contributed by atoms with E-state index in [2.05, 4.69) is 9.72 Å². The highest BCUT2D eigenvalue weighted by atomic mass is 35.7. The van der Waals surface area contributed by atoms with E-state index in [0.29, 0.717) is 11.0 Å². The summed E-state index contributed by atoms with van der Waals surface area (Å²) in [5.74, 6) is -1.04. The molecule has 0 spiro atoms. The van der Waals surface area contributed by atoms with Crippen molar-refractivity contribution in [2.24, 2.45) is 0 Å². The Balaban J connectivity index is 2.92. The second kappa shape index (κ2) is 4.57. The minimum atomic E-state index is -3.00. The third-order valence-corrected chi connectivity index (χ3v) is 2.03. The molecule has 1 aromatic rings. The monoisotopic (exact) mass is 229 g/mol. The fourth-order valence-electron chi connectivity index (χ4n) is 0.636. The fourth-order valence-corrected chi connectivity index (χ4v) is 1.29. The summed E-state index contributed by atoms with van der Waals surface area (Å²) >= 11 is 0. The second-order valence-electron chi connectivity index (χ2n) is 1.91. The Labute approximate surface area is 80.6 Å². The van der Waals surface area contributed by atoms with Crippen LogP contribution in [0.15, 0.2) is 17.2 Å². The molecule has 1 rings (SSSR count). The van der Waals surface area contributed by atoms with E-state index in [1.54, 1.807) is 0 Å². The minimum absolute atomic E-state index is 0.0157. The van der Waals surface area contributed by atoms with Gasteiger partial charge in [0.15, 0.2) is 0 Å². The van der Waals surface area contributed by atoms with Crippen molar-refractivity contribution in [1.82, 2.24) is 4.98 Å². The molecule has 13 heavy (non-hydrogen) atoms. The molecular weight excluding hydrogens is 227 g/mol. The zero-order valence-corrected chi connectivity index (χ0v) is 7.58. The van der Waals surface area contributed by atoms with Gasteiger partial charge in [-0.1, -0.05) is 0 Å². The molecule has 0 bridgehead atoms. The fraction of sp³-hybridized carbons (Fsp3) is 0.167. The second-order valence-corrected chi connectivity index (χ2v) is 2.97. The van der Waals surface area contributed by atoms with Crippen LogP contribution >= 0.6 is 21.7 Å². The van der Waals surface area contributed by atoms with Gasteiger partial charge in [0.05, 0.1) is 11.1 Å². The number of ether oxygens (including phenoxy) is 1. The molecule has 0 saturated heterocycles. The molecule has 0 unspecified atom stereocenters. The Morgan fingerprint density at radius 1 is 1.54 bits per heavy atom. The molecule has 0 aliphatic heterocycles. The average Bonchev–Trinajstić information content (AvgIpc) is 2.07. The summed E-state index contributed by atoms with van der Waals surface area (Å²) < 4.78 is 39.9. The highest BCUT2D eigenvalue weighted by Crippen LogP contribution is 2.31. The Hall–Kier alpha value is -0.620. The molecule has 0 N–H and O–H groups in total. The number of nitrogens with zero attached hydrogens (tertiary/aromatic N) is 1. The summed E-state index contributed by atoms with van der Waals surface area (Å²) in [6, 6.07) is 0.961. The predicted octanol–water partition coefficient (Wildman–Crippen LogP) is 3.07. The third-order valence-electron chi connectivity index (χ3n) is 1.07. The molecule has 0 amide bonds. The Kier molecular flexibility index (Phi) is 3.68. The maximum Gasteiger partial charge on any atom is 0.388 e. The van der Waals surface area contributed by atoms with Crippen molar-refractivity contribution in [3.8, 4) is 5.88 Å². The number of hydrogen-bond donors (Lipinski definition) is 0. The van der Waals surface area contributed by atoms with Gasteiger partial charge in [0.2, 0.25) is 5.88 Å². The van der Waals surface area contributed by atoms with Gasteiger partial charge in [-0.15, -0.1) is 0 Å². The molecule has 0 aromatic carbocycles. The normalized spacial score (nSPS) is 10.5. The first-order chi connectivity index (χ1) is 6.13. The molecular formula is C6H3ClF3NOS. The van der Waals surface area contributed by atoms with Gasteiger partial charge in [-0.2, -0.15) is 8.78 Å². The first kappa shape index (κ1) is 10.5. The molecule has 7 heteroatoms. The van der Waals surface area contributed by atoms with Crippen LogP contribution in [0, 0.1) is 5.82 Å². The number of halogens is 4. The van der Waals surface area contributed by atoms with Gasteiger partial charge in [-0.05, 0) is 27.7 Å². The van der Waals surface area contributed by atoms with Gasteiger partial charge in [0.25, 0.3) is 0 Å². The molecule has 72 valence electrons. The Bertz CT molecular complexity index is 299. The van der Waals surface area contributed by atoms with Crippen molar-refractivity contribution < 1.29 is 17.9 Å². The molecule has 0 saturated carbocycles. The van der Waals surface area contributed by atoms with E-state index in [9.17, 15) is 13.2 Å². The van der Waals surface area contributed by atoms with Crippen molar-refractivity contribution in [2.45, 2.75) is 11.5 Å². The van der Waals surface area contributed by atoms with Gasteiger partial charge in [0, 0.05) is 0 Å². The number of rotatable bonds is 3. The minimum Gasteiger partial charge on any atom is -0.416 e. The largest absolute Gasteiger partial charge is 0.416 e. The number of alkyl halides is 2. The van der Waals surface area contributed by atoms with Crippen LogP contribution in [-0.2, 0) is 0 Å². The van der Waals surface area contributed by atoms with Crippen LogP contribution in [-0.4, -0.2) is 11.6 Å². The van der Waals surface area contributed by atoms with Crippen LogP contribution in [0.2, 0.25) is 0 Å². The van der Waals surface area contributed by atoms with Crippen LogP contribution in [0.1, 0.15) is 0 Å². The predicted molar refractivity (Wildman–Crippen MR) is 42.5 cm³/mol. The van der Waals surface area contributed by atoms with Crippen molar-refractivity contribution in [3.05, 3.63) is 18.1 Å². The maximum atomic E-state index is 12.5. The van der Waals surface area contributed by atoms with Crippen molar-refractivity contribution in [2.75, 3.05) is 0 Å². The first-order valence-electron chi connectivity index (χ1n) is 3.02. The molecule has 0 aliphatic carbocycles. The van der Waals surface area contributed by atoms with Gasteiger partial charge < -0.3 is 4.74 Å². The zero-order valence-electron chi connectivity index (χ0n) is 6.01. The summed E-state index contributed by atoms with van der Waals surface area (Å²) in [6.45, 7) is -3.00. The zero-order chi connectivity index (χ0) is 9.84. The average molecular weight is 230 g/mol. The van der Waals surface area contributed by atoms with Gasteiger partial charge in [-0.3, -0.25) is 0 Å². The molecule has 1 aromatic heterocycles. The standard InChI is InChI=1S/C6H3ClF3NOS/c7-13-4-1-3(8)2-11-5(4)12-6(9)10/h1-2,6H. The van der Waals surface area contributed by atoms with Crippen LogP contribution in [0.4, 0.5) is 13.2 Å². The lowest BCUT2D eigenvalue weighted by atomic mass is 10.5. The quantitative estimate of drug-likeness (QED) is 0.795. The van der Waals surface area contributed by atoms with Gasteiger partial charge in [0.1, 0.15) is 5.82 Å². The van der Waals surface area contributed by atoms with E-state index in [1.165, 1.54) is 0 Å². The van der Waals surface area contributed by atoms with E-state index in [4.69, 9.17) is 10.7 Å². The Morgan fingerprint density at radius 3 is 2.77 bits per heavy atom. The molecule has 0 radical (unpaired) electrons. The summed E-state index contributed by atoms with van der Waals surface area (Å²) in [7, 11) is 5.84. The number of pyridine rings is 1. The number of hydrogen-bond acceptors (Lipinski definition) is 3. The van der Waals surface area contributed by atoms with E-state index >= 15 is 0 Å². The SMILES string of the molecule is Fc1cnc(OC(F)F)c(SCl)c1. The lowest BCUT2D eigenvalue weighted by Crippen LogP contribution is -2.04. The highest BCUT2D eigenvalue weighted by molar-refractivity contribution is 8.21. The van der Waals surface area contributed by atoms with E-state index < -0.39 is 12.4 Å². The van der Waals surface area contributed by atoms with Crippen LogP contribution in [0.25, 0.3) is 0 Å². The Morgan fingerprint density at radius 2 is 2.23 bits per heavy atom. The van der Waals surface area contributed by atoms with Crippen molar-refractivity contribution in [3.63, 3.8) is 0 Å². The molecule has 0 atom stereocenters. The van der Waals surface area contributed by atoms with Crippen molar-refractivity contribution >= 4 is 21.7 Å². The first-order valence-corrected chi connectivity index (χ1v) is 4.66. The lowest BCUT2D eigenvalue weighted by molar-refractivity contribution is -0.0548. The molecule has 0 fully saturated rings. The summed E-state index contributed by atoms with van der Waals surface area (Å²) in [5.41, 5.74) is 0. The van der Waals surface area contributed by atoms with Gasteiger partial charge in [-0.25, -0.2) is 9.37 Å². The molecule has 0 aliphatic rings. The van der Waals surface area contributed by atoms with Crippen LogP contribution < -0.4 is 4.74 Å². The van der Waals surface area contributed by atoms with Crippen LogP contribution in [0.5, 0.6) is 5.88 Å². The van der Waals surface area contributed by atoms with Crippen LogP contribution in [0.3, 0.4) is 0 Å². The van der Waals surface area contributed by atoms with E-state index in [0.717, 1.165) is 12.3 Å². The van der Waals surface area contributed by atoms with E-state index in [-0.39, 0.29) is 10.8 Å². The maximum absolute atomic E-state index is 12.5. The lowest BCUT2D eigenvalue weighted by Gasteiger charge is -2.05. The topological polar surface area (TPSA) is 22.1 Å². The summed E-state index contributed by atoms with van der Waals surface area (Å²) in [4.78, 5) is 3.32. The van der Waals surface area contributed by atoms with E-state index in [1.807, 2.05) is 0 Å². The molecule has 2 nitrogen and oxygen atoms in total. The number of aromatic nitrogens is 1. The molecule has 1 heterocycles.